The number of hydrogen-bond acceptors (Lipinski definition) is 7. The van der Waals surface area contributed by atoms with E-state index < -0.39 is 24.3 Å². The number of carboxylic acids is 2. The van der Waals surface area contributed by atoms with Crippen molar-refractivity contribution in [2.45, 2.75) is 44.8 Å². The Morgan fingerprint density at radius 3 is 1.97 bits per heavy atom. The van der Waals surface area contributed by atoms with Crippen molar-refractivity contribution in [3.05, 3.63) is 23.7 Å². The zero-order valence-corrected chi connectivity index (χ0v) is 20.8. The second kappa shape index (κ2) is 14.1. The summed E-state index contributed by atoms with van der Waals surface area (Å²) in [6.07, 6.45) is -7.34. The Bertz CT molecular complexity index is 862. The van der Waals surface area contributed by atoms with Crippen LogP contribution in [-0.4, -0.2) is 103 Å². The fourth-order valence-corrected chi connectivity index (χ4v) is 4.43. The number of alkyl halides is 6. The summed E-state index contributed by atoms with van der Waals surface area (Å²) in [7, 11) is 0. The number of hydrogen-bond donors (Lipinski definition) is 2. The van der Waals surface area contributed by atoms with Gasteiger partial charge < -0.3 is 29.0 Å². The van der Waals surface area contributed by atoms with Gasteiger partial charge in [-0.25, -0.2) is 9.59 Å². The van der Waals surface area contributed by atoms with E-state index in [1.165, 1.54) is 25.9 Å². The van der Waals surface area contributed by atoms with Crippen LogP contribution in [0.5, 0.6) is 0 Å². The standard InChI is InChI=1S/C19H30N2O3.2C2HF3O2/c1-15-2-3-18(24-15)13-21-12-17-11-20(6-9-23-19(17)14-21)10-16-4-7-22-8-5-16;2*3-2(4,5)1(6)7/h2-3,16-17,19H,4-14H2,1H3;2*(H,6,7)/t17-,19+;;/m0../s1. The molecule has 2 N–H and O–H groups in total. The lowest BCUT2D eigenvalue weighted by molar-refractivity contribution is -0.193. The fraction of sp³-hybridized carbons (Fsp3) is 0.739. The van der Waals surface area contributed by atoms with Gasteiger partial charge in [0.05, 0.1) is 19.3 Å². The Hall–Kier alpha value is -2.36. The third-order valence-electron chi connectivity index (χ3n) is 6.21. The highest BCUT2D eigenvalue weighted by Crippen LogP contribution is 2.27. The van der Waals surface area contributed by atoms with Crippen molar-refractivity contribution in [1.29, 1.82) is 0 Å². The van der Waals surface area contributed by atoms with Crippen molar-refractivity contribution < 1.29 is 60.0 Å². The number of likely N-dealkylation sites (tertiary alicyclic amines) is 1. The van der Waals surface area contributed by atoms with Crippen molar-refractivity contribution >= 4 is 11.9 Å². The smallest absolute Gasteiger partial charge is 0.475 e. The first kappa shape index (κ1) is 31.9. The van der Waals surface area contributed by atoms with Crippen LogP contribution in [0.3, 0.4) is 0 Å². The SMILES string of the molecule is Cc1ccc(CN2C[C@@H]3CN(CC4CCOCC4)CCO[C@@H]3C2)o1.O=C(O)C(F)(F)F.O=C(O)C(F)(F)F. The minimum absolute atomic E-state index is 0.390. The lowest BCUT2D eigenvalue weighted by atomic mass is 9.98. The Labute approximate surface area is 215 Å². The molecule has 38 heavy (non-hydrogen) atoms. The highest BCUT2D eigenvalue weighted by atomic mass is 19.4. The normalized spacial score (nSPS) is 23.3. The minimum Gasteiger partial charge on any atom is -0.475 e. The number of halogens is 6. The summed E-state index contributed by atoms with van der Waals surface area (Å²) in [6, 6.07) is 4.15. The highest BCUT2D eigenvalue weighted by molar-refractivity contribution is 5.73. The number of fused-ring (bicyclic) bond motifs is 1. The molecular formula is C23H32F6N2O7. The van der Waals surface area contributed by atoms with Gasteiger partial charge in [0.1, 0.15) is 11.5 Å². The van der Waals surface area contributed by atoms with Crippen LogP contribution in [0.15, 0.2) is 16.5 Å². The lowest BCUT2D eigenvalue weighted by Gasteiger charge is -2.30. The van der Waals surface area contributed by atoms with Crippen LogP contribution in [0.1, 0.15) is 24.4 Å². The molecule has 0 bridgehead atoms. The highest BCUT2D eigenvalue weighted by Gasteiger charge is 2.39. The maximum absolute atomic E-state index is 10.6. The third-order valence-corrected chi connectivity index (χ3v) is 6.21. The number of aliphatic carboxylic acids is 2. The van der Waals surface area contributed by atoms with Gasteiger partial charge in [0.25, 0.3) is 0 Å². The predicted octanol–water partition coefficient (Wildman–Crippen LogP) is 3.41. The zero-order valence-electron chi connectivity index (χ0n) is 20.8. The average molecular weight is 563 g/mol. The van der Waals surface area contributed by atoms with Gasteiger partial charge in [-0.05, 0) is 37.8 Å². The van der Waals surface area contributed by atoms with Crippen molar-refractivity contribution in [2.75, 3.05) is 52.5 Å². The Morgan fingerprint density at radius 2 is 1.47 bits per heavy atom. The van der Waals surface area contributed by atoms with Crippen LogP contribution < -0.4 is 0 Å². The summed E-state index contributed by atoms with van der Waals surface area (Å²) in [6.45, 7) is 11.3. The molecule has 4 heterocycles. The molecule has 2 atom stereocenters. The molecule has 9 nitrogen and oxygen atoms in total. The molecule has 1 aromatic heterocycles. The van der Waals surface area contributed by atoms with Crippen LogP contribution in [-0.2, 0) is 25.6 Å². The second-order valence-corrected chi connectivity index (χ2v) is 9.30. The maximum Gasteiger partial charge on any atom is 0.490 e. The quantitative estimate of drug-likeness (QED) is 0.533. The number of furan rings is 1. The summed E-state index contributed by atoms with van der Waals surface area (Å²) in [4.78, 5) is 22.9. The van der Waals surface area contributed by atoms with Crippen molar-refractivity contribution in [1.82, 2.24) is 9.80 Å². The van der Waals surface area contributed by atoms with E-state index in [9.17, 15) is 26.3 Å². The topological polar surface area (TPSA) is 113 Å². The van der Waals surface area contributed by atoms with E-state index in [-0.39, 0.29) is 0 Å². The van der Waals surface area contributed by atoms with Crippen LogP contribution in [0.4, 0.5) is 26.3 Å². The molecule has 15 heteroatoms. The molecule has 0 aliphatic carbocycles. The Balaban J connectivity index is 0.000000301. The molecular weight excluding hydrogens is 530 g/mol. The Morgan fingerprint density at radius 1 is 0.921 bits per heavy atom. The summed E-state index contributed by atoms with van der Waals surface area (Å²) in [5.74, 6) is -2.01. The molecule has 3 aliphatic heterocycles. The number of carboxylic acid groups (broad SMARTS) is 2. The summed E-state index contributed by atoms with van der Waals surface area (Å²) < 4.78 is 80.9. The van der Waals surface area contributed by atoms with Crippen molar-refractivity contribution in [2.24, 2.45) is 11.8 Å². The van der Waals surface area contributed by atoms with E-state index >= 15 is 0 Å². The number of ether oxygens (including phenoxy) is 2. The number of rotatable bonds is 4. The molecule has 3 saturated heterocycles. The van der Waals surface area contributed by atoms with Gasteiger partial charge in [-0.15, -0.1) is 0 Å². The first-order chi connectivity index (χ1) is 17.6. The largest absolute Gasteiger partial charge is 0.490 e. The van der Waals surface area contributed by atoms with Crippen LogP contribution in [0, 0.1) is 18.8 Å². The first-order valence-electron chi connectivity index (χ1n) is 11.9. The molecule has 0 radical (unpaired) electrons. The van der Waals surface area contributed by atoms with Gasteiger partial charge in [0.15, 0.2) is 0 Å². The molecule has 0 amide bonds. The van der Waals surface area contributed by atoms with Gasteiger partial charge >= 0.3 is 24.3 Å². The molecule has 0 aromatic carbocycles. The number of aryl methyl sites for hydroxylation is 1. The summed E-state index contributed by atoms with van der Waals surface area (Å²) >= 11 is 0. The monoisotopic (exact) mass is 562 g/mol. The molecule has 0 saturated carbocycles. The first-order valence-corrected chi connectivity index (χ1v) is 11.9. The van der Waals surface area contributed by atoms with E-state index in [4.69, 9.17) is 33.7 Å². The van der Waals surface area contributed by atoms with Gasteiger partial charge in [-0.3, -0.25) is 4.90 Å². The summed E-state index contributed by atoms with van der Waals surface area (Å²) in [5, 5.41) is 14.2. The molecule has 4 rings (SSSR count). The second-order valence-electron chi connectivity index (χ2n) is 9.30. The third kappa shape index (κ3) is 11.2. The van der Waals surface area contributed by atoms with E-state index in [2.05, 4.69) is 21.9 Å². The molecule has 3 fully saturated rings. The summed E-state index contributed by atoms with van der Waals surface area (Å²) in [5.41, 5.74) is 0. The zero-order chi connectivity index (χ0) is 28.5. The van der Waals surface area contributed by atoms with E-state index in [0.717, 1.165) is 63.4 Å². The molecule has 0 unspecified atom stereocenters. The van der Waals surface area contributed by atoms with Crippen LogP contribution in [0.25, 0.3) is 0 Å². The van der Waals surface area contributed by atoms with Gasteiger partial charge in [0.2, 0.25) is 0 Å². The molecule has 3 aliphatic rings. The Kier molecular flexibility index (Phi) is 11.9. The fourth-order valence-electron chi connectivity index (χ4n) is 4.43. The van der Waals surface area contributed by atoms with Gasteiger partial charge in [0, 0.05) is 51.9 Å². The predicted molar refractivity (Wildman–Crippen MR) is 119 cm³/mol. The lowest BCUT2D eigenvalue weighted by Crippen LogP contribution is -2.37. The van der Waals surface area contributed by atoms with Crippen LogP contribution >= 0.6 is 0 Å². The molecule has 218 valence electrons. The molecule has 1 aromatic rings. The van der Waals surface area contributed by atoms with Crippen LogP contribution in [0.2, 0.25) is 0 Å². The van der Waals surface area contributed by atoms with E-state index in [1.54, 1.807) is 0 Å². The maximum atomic E-state index is 10.6. The van der Waals surface area contributed by atoms with Crippen molar-refractivity contribution in [3.8, 4) is 0 Å². The van der Waals surface area contributed by atoms with Gasteiger partial charge in [-0.1, -0.05) is 0 Å². The van der Waals surface area contributed by atoms with Gasteiger partial charge in [-0.2, -0.15) is 26.3 Å². The average Bonchev–Trinajstić information content (AvgIpc) is 3.34. The number of carbonyl (C=O) groups is 2. The van der Waals surface area contributed by atoms with Crippen molar-refractivity contribution in [3.63, 3.8) is 0 Å². The molecule has 0 spiro atoms. The number of nitrogens with zero attached hydrogens (tertiary/aromatic N) is 2. The van der Waals surface area contributed by atoms with E-state index in [1.807, 2.05) is 6.92 Å². The van der Waals surface area contributed by atoms with E-state index in [0.29, 0.717) is 12.0 Å². The minimum atomic E-state index is -5.08.